The van der Waals surface area contributed by atoms with Gasteiger partial charge in [-0.2, -0.15) is 0 Å². The highest BCUT2D eigenvalue weighted by molar-refractivity contribution is 7.89. The fourth-order valence-corrected chi connectivity index (χ4v) is 5.88. The summed E-state index contributed by atoms with van der Waals surface area (Å²) >= 11 is 0. The second-order valence-corrected chi connectivity index (χ2v) is 12.8. The highest BCUT2D eigenvalue weighted by Gasteiger charge is 2.28. The van der Waals surface area contributed by atoms with E-state index in [1.54, 1.807) is 12.1 Å². The van der Waals surface area contributed by atoms with Crippen LogP contribution in [0.25, 0.3) is 0 Å². The topological polar surface area (TPSA) is 110 Å². The Hall–Kier alpha value is -2.11. The predicted molar refractivity (Wildman–Crippen MR) is 161 cm³/mol. The van der Waals surface area contributed by atoms with E-state index < -0.39 is 10.0 Å². The van der Waals surface area contributed by atoms with E-state index in [1.165, 1.54) is 51.9 Å². The standard InChI is InChI=1S/C10H22N2O.C10H13NO3S.C10H17NO/c1-4-9-12(3)10(5-2)7-6-8-11-13;1-11(2)15(13,14)10-5-3-9(4-6-10)7-8-12;12-10(9-5-1-2-6-9)11-7-3-4-8-11/h4,10-11,13H,1,5-9H2,2-3H3;3-6,8H,7H2,1-2H3;9H,1-8H2. The van der Waals surface area contributed by atoms with Gasteiger partial charge in [-0.1, -0.05) is 38.0 Å². The van der Waals surface area contributed by atoms with Gasteiger partial charge in [-0.05, 0) is 69.7 Å². The lowest BCUT2D eigenvalue weighted by molar-refractivity contribution is -0.134. The number of hydrogen-bond acceptors (Lipinski definition) is 7. The first-order chi connectivity index (χ1) is 19.1. The summed E-state index contributed by atoms with van der Waals surface area (Å²) in [4.78, 5) is 26.6. The number of likely N-dealkylation sites (N-methyl/N-ethyl adjacent to an activating group) is 1. The Labute approximate surface area is 242 Å². The van der Waals surface area contributed by atoms with Crippen molar-refractivity contribution in [2.75, 3.05) is 47.3 Å². The van der Waals surface area contributed by atoms with Crippen LogP contribution >= 0.6 is 0 Å². The summed E-state index contributed by atoms with van der Waals surface area (Å²) in [5.74, 6) is 0.841. The minimum atomic E-state index is -3.36. The molecule has 0 bridgehead atoms. The van der Waals surface area contributed by atoms with Crippen molar-refractivity contribution in [3.63, 3.8) is 0 Å². The summed E-state index contributed by atoms with van der Waals surface area (Å²) in [5, 5.41) is 8.41. The number of nitrogens with zero attached hydrogens (tertiary/aromatic N) is 3. The van der Waals surface area contributed by atoms with E-state index in [1.807, 2.05) is 6.08 Å². The van der Waals surface area contributed by atoms with Gasteiger partial charge in [0, 0.05) is 58.7 Å². The van der Waals surface area contributed by atoms with Gasteiger partial charge in [0.15, 0.2) is 0 Å². The molecule has 40 heavy (non-hydrogen) atoms. The van der Waals surface area contributed by atoms with Crippen molar-refractivity contribution in [1.29, 1.82) is 0 Å². The summed E-state index contributed by atoms with van der Waals surface area (Å²) in [7, 11) is 1.71. The smallest absolute Gasteiger partial charge is 0.242 e. The highest BCUT2D eigenvalue weighted by Crippen LogP contribution is 2.27. The van der Waals surface area contributed by atoms with Crippen molar-refractivity contribution in [2.24, 2.45) is 5.92 Å². The molecule has 2 fully saturated rings. The Morgan fingerprint density at radius 2 is 1.73 bits per heavy atom. The number of likely N-dealkylation sites (tertiary alicyclic amines) is 1. The lowest BCUT2D eigenvalue weighted by Gasteiger charge is -2.25. The van der Waals surface area contributed by atoms with Crippen LogP contribution in [0, 0.1) is 5.92 Å². The Balaban J connectivity index is 0.000000302. The van der Waals surface area contributed by atoms with Crippen LogP contribution in [0.15, 0.2) is 41.8 Å². The first kappa shape index (κ1) is 35.9. The average molecular weight is 581 g/mol. The van der Waals surface area contributed by atoms with Crippen LogP contribution in [0.2, 0.25) is 0 Å². The molecule has 2 N–H and O–H groups in total. The molecule has 0 radical (unpaired) electrons. The van der Waals surface area contributed by atoms with E-state index in [0.717, 1.165) is 67.9 Å². The zero-order valence-corrected chi connectivity index (χ0v) is 25.9. The van der Waals surface area contributed by atoms with Crippen LogP contribution in [-0.2, 0) is 26.0 Å². The maximum Gasteiger partial charge on any atom is 0.242 e. The summed E-state index contributed by atoms with van der Waals surface area (Å²) in [5.41, 5.74) is 2.99. The molecule has 228 valence electrons. The second kappa shape index (κ2) is 19.9. The Morgan fingerprint density at radius 3 is 2.20 bits per heavy atom. The Morgan fingerprint density at radius 1 is 1.12 bits per heavy atom. The lowest BCUT2D eigenvalue weighted by atomic mass is 10.1. The summed E-state index contributed by atoms with van der Waals surface area (Å²) in [6.45, 7) is 9.57. The lowest BCUT2D eigenvalue weighted by Crippen LogP contribution is -2.32. The van der Waals surface area contributed by atoms with Crippen LogP contribution in [0.5, 0.6) is 0 Å². The number of sulfonamides is 1. The molecular formula is C30H52N4O5S. The highest BCUT2D eigenvalue weighted by atomic mass is 32.2. The third kappa shape index (κ3) is 12.6. The minimum Gasteiger partial charge on any atom is -0.342 e. The maximum absolute atomic E-state index is 11.8. The predicted octanol–water partition coefficient (Wildman–Crippen LogP) is 4.12. The van der Waals surface area contributed by atoms with Crippen LogP contribution in [0.4, 0.5) is 0 Å². The second-order valence-electron chi connectivity index (χ2n) is 10.7. The molecule has 10 heteroatoms. The van der Waals surface area contributed by atoms with Gasteiger partial charge in [0.05, 0.1) is 4.90 Å². The third-order valence-electron chi connectivity index (χ3n) is 7.48. The average Bonchev–Trinajstić information content (AvgIpc) is 3.67. The van der Waals surface area contributed by atoms with Gasteiger partial charge in [-0.15, -0.1) is 6.58 Å². The number of hydrogen-bond donors (Lipinski definition) is 2. The molecule has 1 amide bonds. The van der Waals surface area contributed by atoms with Crippen molar-refractivity contribution < 1.29 is 23.2 Å². The molecule has 1 aliphatic carbocycles. The maximum atomic E-state index is 11.8. The first-order valence-electron chi connectivity index (χ1n) is 14.5. The molecule has 2 aliphatic rings. The molecule has 1 aromatic rings. The summed E-state index contributed by atoms with van der Waals surface area (Å²) in [6, 6.07) is 6.91. The van der Waals surface area contributed by atoms with Gasteiger partial charge < -0.3 is 14.9 Å². The zero-order valence-electron chi connectivity index (χ0n) is 25.1. The van der Waals surface area contributed by atoms with Gasteiger partial charge in [0.25, 0.3) is 0 Å². The van der Waals surface area contributed by atoms with Gasteiger partial charge in [0.2, 0.25) is 15.9 Å². The van der Waals surface area contributed by atoms with Crippen molar-refractivity contribution in [2.45, 2.75) is 82.1 Å². The van der Waals surface area contributed by atoms with E-state index in [2.05, 4.69) is 35.8 Å². The molecule has 1 atom stereocenters. The number of rotatable bonds is 13. The Kier molecular flexibility index (Phi) is 17.9. The van der Waals surface area contributed by atoms with Gasteiger partial charge >= 0.3 is 0 Å². The van der Waals surface area contributed by atoms with Crippen LogP contribution in [0.3, 0.4) is 0 Å². The summed E-state index contributed by atoms with van der Waals surface area (Å²) in [6.07, 6.45) is 13.6. The van der Waals surface area contributed by atoms with Crippen molar-refractivity contribution in [3.05, 3.63) is 42.5 Å². The van der Waals surface area contributed by atoms with E-state index in [9.17, 15) is 18.0 Å². The first-order valence-corrected chi connectivity index (χ1v) is 16.0. The van der Waals surface area contributed by atoms with E-state index >= 15 is 0 Å². The molecule has 3 rings (SSSR count). The Bertz CT molecular complexity index is 939. The van der Waals surface area contributed by atoms with Crippen LogP contribution < -0.4 is 5.48 Å². The monoisotopic (exact) mass is 580 g/mol. The number of carbonyl (C=O) groups excluding carboxylic acids is 2. The van der Waals surface area contributed by atoms with Crippen molar-refractivity contribution in [1.82, 2.24) is 19.6 Å². The molecule has 0 spiro atoms. The van der Waals surface area contributed by atoms with Crippen molar-refractivity contribution in [3.8, 4) is 0 Å². The third-order valence-corrected chi connectivity index (χ3v) is 9.31. The van der Waals surface area contributed by atoms with E-state index in [-0.39, 0.29) is 4.90 Å². The SMILES string of the molecule is C=CCN(C)C(CC)CCCNO.CN(C)S(=O)(=O)c1ccc(CC=O)cc1.O=C(C1CCCC1)N1CCCC1. The molecule has 1 heterocycles. The molecule has 9 nitrogen and oxygen atoms in total. The number of benzene rings is 1. The fourth-order valence-electron chi connectivity index (χ4n) is 4.98. The van der Waals surface area contributed by atoms with E-state index in [0.29, 0.717) is 30.8 Å². The molecular weight excluding hydrogens is 528 g/mol. The summed E-state index contributed by atoms with van der Waals surface area (Å²) < 4.78 is 24.5. The number of amides is 1. The minimum absolute atomic E-state index is 0.238. The molecule has 1 aromatic carbocycles. The quantitative estimate of drug-likeness (QED) is 0.156. The fraction of sp³-hybridized carbons (Fsp3) is 0.667. The molecule has 1 aliphatic heterocycles. The van der Waals surface area contributed by atoms with Crippen LogP contribution in [0.1, 0.15) is 70.3 Å². The van der Waals surface area contributed by atoms with Crippen molar-refractivity contribution >= 4 is 22.2 Å². The number of carbonyl (C=O) groups is 2. The zero-order chi connectivity index (χ0) is 30.0. The molecule has 1 saturated carbocycles. The molecule has 0 aromatic heterocycles. The normalized spacial score (nSPS) is 16.2. The largest absolute Gasteiger partial charge is 0.342 e. The number of nitrogens with one attached hydrogen (secondary N) is 1. The molecule has 1 saturated heterocycles. The molecule has 1 unspecified atom stereocenters. The van der Waals surface area contributed by atoms with Crippen LogP contribution in [-0.4, -0.2) is 93.3 Å². The number of hydroxylamine groups is 1. The van der Waals surface area contributed by atoms with E-state index in [4.69, 9.17) is 5.21 Å². The van der Waals surface area contributed by atoms with Gasteiger partial charge in [0.1, 0.15) is 6.29 Å². The number of aldehydes is 1. The van der Waals surface area contributed by atoms with Gasteiger partial charge in [-0.3, -0.25) is 9.69 Å². The van der Waals surface area contributed by atoms with Gasteiger partial charge in [-0.25, -0.2) is 18.2 Å².